The first-order valence-corrected chi connectivity index (χ1v) is 15.7. The Labute approximate surface area is 165 Å². The van der Waals surface area contributed by atoms with Gasteiger partial charge >= 0.3 is 15.6 Å². The second-order valence-corrected chi connectivity index (χ2v) is 13.9. The van der Waals surface area contributed by atoms with E-state index in [2.05, 4.69) is 4.31 Å². The fourth-order valence-electron chi connectivity index (χ4n) is 2.72. The summed E-state index contributed by atoms with van der Waals surface area (Å²) >= 11 is 1.65. The highest BCUT2D eigenvalue weighted by atomic mass is 33.1. The van der Waals surface area contributed by atoms with Crippen LogP contribution in [-0.2, 0) is 21.4 Å². The van der Waals surface area contributed by atoms with Crippen LogP contribution in [0.15, 0.2) is 0 Å². The molecule has 3 N–H and O–H groups in total. The average Bonchev–Trinajstić information content (AvgIpc) is 2.55. The molecule has 0 aromatic carbocycles. The van der Waals surface area contributed by atoms with E-state index in [9.17, 15) is 14.0 Å². The second-order valence-electron chi connectivity index (χ2n) is 6.09. The minimum absolute atomic E-state index is 0.391. The van der Waals surface area contributed by atoms with E-state index in [0.717, 1.165) is 60.7 Å². The molecule has 148 valence electrons. The van der Waals surface area contributed by atoms with Crippen LogP contribution in [0.5, 0.6) is 0 Å². The van der Waals surface area contributed by atoms with Crippen LogP contribution < -0.4 is 5.50 Å². The van der Waals surface area contributed by atoms with Crippen LogP contribution in [0.3, 0.4) is 0 Å². The van der Waals surface area contributed by atoms with Gasteiger partial charge in [-0.25, -0.2) is 22.6 Å². The third-order valence-corrected chi connectivity index (χ3v) is 12.6. The summed E-state index contributed by atoms with van der Waals surface area (Å²) in [7, 11) is -5.90. The topological polar surface area (TPSA) is 108 Å². The summed E-state index contributed by atoms with van der Waals surface area (Å²) in [6.45, 7) is 0. The van der Waals surface area contributed by atoms with Crippen LogP contribution in [0.4, 0.5) is 0 Å². The SMILES string of the molecule is NP(=O)(OSSC1CCCCC1)OP(=O)(O)OSSC1CCCCC1. The molecule has 0 spiro atoms. The van der Waals surface area contributed by atoms with Crippen molar-refractivity contribution in [3.8, 4) is 0 Å². The van der Waals surface area contributed by atoms with Gasteiger partial charge in [0, 0.05) is 10.5 Å². The normalized spacial score (nSPS) is 25.4. The summed E-state index contributed by atoms with van der Waals surface area (Å²) < 4.78 is 38.1. The molecule has 0 heterocycles. The van der Waals surface area contributed by atoms with E-state index >= 15 is 0 Å². The van der Waals surface area contributed by atoms with Crippen molar-refractivity contribution in [2.75, 3.05) is 0 Å². The Kier molecular flexibility index (Phi) is 10.7. The molecule has 7 nitrogen and oxygen atoms in total. The van der Waals surface area contributed by atoms with Crippen molar-refractivity contribution in [2.24, 2.45) is 5.50 Å². The standard InChI is InChI=1S/C12H25NO6P2S4/c13-20(14,18-24-22-11-7-3-1-4-8-11)17-21(15,16)19-25-23-12-9-5-2-6-10-12/h11-12H,1-10H2,(H2,13,14)(H,15,16). The molecule has 2 rings (SSSR count). The van der Waals surface area contributed by atoms with Crippen LogP contribution in [0.2, 0.25) is 0 Å². The van der Waals surface area contributed by atoms with Gasteiger partial charge in [0.25, 0.3) is 0 Å². The lowest BCUT2D eigenvalue weighted by molar-refractivity contribution is 0.291. The van der Waals surface area contributed by atoms with Gasteiger partial charge in [-0.2, -0.15) is 4.31 Å². The largest absolute Gasteiger partial charge is 0.492 e. The maximum atomic E-state index is 12.0. The van der Waals surface area contributed by atoms with Crippen molar-refractivity contribution in [2.45, 2.75) is 74.7 Å². The van der Waals surface area contributed by atoms with Crippen LogP contribution >= 0.6 is 59.3 Å². The van der Waals surface area contributed by atoms with Gasteiger partial charge in [0.2, 0.25) is 0 Å². The Balaban J connectivity index is 1.64. The van der Waals surface area contributed by atoms with Gasteiger partial charge in [-0.1, -0.05) is 60.1 Å². The summed E-state index contributed by atoms with van der Waals surface area (Å²) in [4.78, 5) is 9.66. The zero-order chi connectivity index (χ0) is 18.2. The average molecular weight is 470 g/mol. The van der Waals surface area contributed by atoms with E-state index in [1.54, 1.807) is 0 Å². The summed E-state index contributed by atoms with van der Waals surface area (Å²) in [5.74, 6) is 0. The van der Waals surface area contributed by atoms with Crippen molar-refractivity contribution in [3.05, 3.63) is 0 Å². The molecule has 13 heteroatoms. The summed E-state index contributed by atoms with van der Waals surface area (Å²) in [6, 6.07) is 0. The number of nitrogens with two attached hydrogens (primary N) is 1. The quantitative estimate of drug-likeness (QED) is 0.209. The molecule has 2 aliphatic rings. The highest BCUT2D eigenvalue weighted by Gasteiger charge is 2.35. The molecule has 0 aromatic heterocycles. The summed E-state index contributed by atoms with van der Waals surface area (Å²) in [5, 5.41) is 0.806. The van der Waals surface area contributed by atoms with E-state index in [4.69, 9.17) is 13.4 Å². The lowest BCUT2D eigenvalue weighted by Crippen LogP contribution is -2.07. The summed E-state index contributed by atoms with van der Waals surface area (Å²) in [6.07, 6.45) is 11.4. The Morgan fingerprint density at radius 3 is 1.72 bits per heavy atom. The number of phosphoric acid groups is 1. The fraction of sp³-hybridized carbons (Fsp3) is 1.00. The molecule has 2 atom stereocenters. The number of hydrogen-bond acceptors (Lipinski definition) is 9. The molecule has 0 aromatic rings. The minimum atomic E-state index is -4.55. The van der Waals surface area contributed by atoms with Gasteiger partial charge in [-0.15, -0.1) is 0 Å². The first-order valence-electron chi connectivity index (χ1n) is 8.32. The zero-order valence-electron chi connectivity index (χ0n) is 13.8. The smallest absolute Gasteiger partial charge is 0.302 e. The molecule has 2 fully saturated rings. The predicted octanol–water partition coefficient (Wildman–Crippen LogP) is 6.46. The number of rotatable bonds is 10. The Hall–Kier alpha value is 1.66. The highest BCUT2D eigenvalue weighted by Crippen LogP contribution is 2.63. The van der Waals surface area contributed by atoms with Gasteiger partial charge in [-0.3, -0.25) is 0 Å². The molecule has 0 aliphatic heterocycles. The van der Waals surface area contributed by atoms with Gasteiger partial charge < -0.3 is 4.89 Å². The third-order valence-electron chi connectivity index (χ3n) is 3.93. The van der Waals surface area contributed by atoms with Crippen LogP contribution in [0.25, 0.3) is 0 Å². The van der Waals surface area contributed by atoms with Crippen molar-refractivity contribution >= 4 is 59.3 Å². The molecular weight excluding hydrogens is 444 g/mol. The summed E-state index contributed by atoms with van der Waals surface area (Å²) in [5.41, 5.74) is 5.38. The zero-order valence-corrected chi connectivity index (χ0v) is 18.9. The van der Waals surface area contributed by atoms with Crippen molar-refractivity contribution in [1.82, 2.24) is 0 Å². The molecule has 0 amide bonds. The van der Waals surface area contributed by atoms with Gasteiger partial charge in [-0.05, 0) is 25.7 Å². The molecule has 0 bridgehead atoms. The highest BCUT2D eigenvalue weighted by molar-refractivity contribution is 8.76. The lowest BCUT2D eigenvalue weighted by Gasteiger charge is -2.21. The van der Waals surface area contributed by atoms with Crippen LogP contribution in [0, 0.1) is 0 Å². The second kappa shape index (κ2) is 11.6. The molecule has 0 saturated heterocycles. The van der Waals surface area contributed by atoms with Gasteiger partial charge in [0.15, 0.2) is 0 Å². The van der Waals surface area contributed by atoms with Gasteiger partial charge in [0.05, 0.1) is 22.1 Å². The predicted molar refractivity (Wildman–Crippen MR) is 109 cm³/mol. The Bertz CT molecular complexity index is 448. The van der Waals surface area contributed by atoms with E-state index in [-0.39, 0.29) is 0 Å². The molecule has 25 heavy (non-hydrogen) atoms. The van der Waals surface area contributed by atoms with Gasteiger partial charge in [0.1, 0.15) is 0 Å². The van der Waals surface area contributed by atoms with E-state index in [1.165, 1.54) is 47.3 Å². The Morgan fingerprint density at radius 1 is 0.800 bits per heavy atom. The minimum Gasteiger partial charge on any atom is -0.302 e. The Morgan fingerprint density at radius 2 is 1.24 bits per heavy atom. The maximum absolute atomic E-state index is 12.0. The van der Waals surface area contributed by atoms with Crippen molar-refractivity contribution in [3.63, 3.8) is 0 Å². The maximum Gasteiger partial charge on any atom is 0.492 e. The molecule has 0 radical (unpaired) electrons. The monoisotopic (exact) mass is 469 g/mol. The molecule has 2 unspecified atom stereocenters. The van der Waals surface area contributed by atoms with Crippen LogP contribution in [-0.4, -0.2) is 15.4 Å². The third kappa shape index (κ3) is 10.1. The van der Waals surface area contributed by atoms with E-state index < -0.39 is 15.6 Å². The first kappa shape index (κ1) is 22.9. The lowest BCUT2D eigenvalue weighted by atomic mass is 10.0. The van der Waals surface area contributed by atoms with Crippen LogP contribution in [0.1, 0.15) is 64.2 Å². The first-order chi connectivity index (χ1) is 11.9. The number of hydrogen-bond donors (Lipinski definition) is 2. The van der Waals surface area contributed by atoms with E-state index in [0.29, 0.717) is 10.5 Å². The van der Waals surface area contributed by atoms with Crippen molar-refractivity contribution < 1.29 is 26.3 Å². The van der Waals surface area contributed by atoms with E-state index in [1.807, 2.05) is 0 Å². The molecular formula is C12H25NO6P2S4. The van der Waals surface area contributed by atoms with Crippen molar-refractivity contribution in [1.29, 1.82) is 0 Å². The molecule has 2 saturated carbocycles. The molecule has 2 aliphatic carbocycles. The fourth-order valence-corrected chi connectivity index (χ4v) is 10.7.